The topological polar surface area (TPSA) is 60.5 Å². The van der Waals surface area contributed by atoms with E-state index in [1.165, 1.54) is 11.1 Å². The first-order valence-electron chi connectivity index (χ1n) is 11.6. The Bertz CT molecular complexity index is 1090. The van der Waals surface area contributed by atoms with E-state index in [4.69, 9.17) is 18.9 Å². The SMILES string of the molecule is COc1cc2c(cc1OC)CC(=O)N(CCCN(C)C[C@H]1Cc3cc(OC)c(OC)cc31)C=C2.Cl. The summed E-state index contributed by atoms with van der Waals surface area (Å²) in [5, 5.41) is 0. The molecule has 0 saturated carbocycles. The number of nitrogens with zero attached hydrogens (tertiary/aromatic N) is 2. The van der Waals surface area contributed by atoms with Crippen molar-refractivity contribution in [2.75, 3.05) is 55.1 Å². The predicted octanol–water partition coefficient (Wildman–Crippen LogP) is 4.16. The Morgan fingerprint density at radius 1 is 0.914 bits per heavy atom. The van der Waals surface area contributed by atoms with Crippen molar-refractivity contribution in [2.24, 2.45) is 0 Å². The summed E-state index contributed by atoms with van der Waals surface area (Å²) in [6.45, 7) is 2.59. The molecule has 2 aromatic rings. The molecular weight excluding hydrogens is 468 g/mol. The highest BCUT2D eigenvalue weighted by atomic mass is 35.5. The molecule has 0 spiro atoms. The number of halogens is 1. The lowest BCUT2D eigenvalue weighted by Gasteiger charge is -2.34. The number of carbonyl (C=O) groups excluding carboxylic acids is 1. The van der Waals surface area contributed by atoms with Crippen LogP contribution in [0.25, 0.3) is 6.08 Å². The fraction of sp³-hybridized carbons (Fsp3) is 0.444. The minimum atomic E-state index is 0. The van der Waals surface area contributed by atoms with Crippen LogP contribution in [0.3, 0.4) is 0 Å². The maximum Gasteiger partial charge on any atom is 0.230 e. The molecule has 0 unspecified atom stereocenters. The third-order valence-electron chi connectivity index (χ3n) is 6.76. The van der Waals surface area contributed by atoms with Crippen molar-refractivity contribution in [3.05, 3.63) is 52.7 Å². The number of hydrogen-bond acceptors (Lipinski definition) is 6. The largest absolute Gasteiger partial charge is 0.493 e. The second kappa shape index (κ2) is 11.7. The van der Waals surface area contributed by atoms with Crippen LogP contribution in [0.4, 0.5) is 0 Å². The normalized spacial score (nSPS) is 16.0. The van der Waals surface area contributed by atoms with Crippen LogP contribution in [0.1, 0.15) is 34.6 Å². The Hall–Kier alpha value is -2.90. The third kappa shape index (κ3) is 5.68. The van der Waals surface area contributed by atoms with Crippen molar-refractivity contribution >= 4 is 24.4 Å². The molecule has 1 amide bonds. The number of amides is 1. The Kier molecular flexibility index (Phi) is 8.92. The number of likely N-dealkylation sites (N-methyl/N-ethyl adjacent to an activating group) is 1. The molecule has 35 heavy (non-hydrogen) atoms. The van der Waals surface area contributed by atoms with Gasteiger partial charge < -0.3 is 28.7 Å². The molecule has 1 heterocycles. The minimum absolute atomic E-state index is 0. The summed E-state index contributed by atoms with van der Waals surface area (Å²) in [4.78, 5) is 17.0. The van der Waals surface area contributed by atoms with Crippen LogP contribution >= 0.6 is 12.4 Å². The van der Waals surface area contributed by atoms with E-state index in [2.05, 4.69) is 24.1 Å². The van der Waals surface area contributed by atoms with E-state index < -0.39 is 0 Å². The van der Waals surface area contributed by atoms with Crippen molar-refractivity contribution in [1.82, 2.24) is 9.80 Å². The molecule has 0 radical (unpaired) electrons. The predicted molar refractivity (Wildman–Crippen MR) is 139 cm³/mol. The Balaban J connectivity index is 0.00000342. The molecule has 2 aromatic carbocycles. The van der Waals surface area contributed by atoms with Crippen LogP contribution in [-0.2, 0) is 17.6 Å². The molecule has 0 saturated heterocycles. The van der Waals surface area contributed by atoms with Crippen molar-refractivity contribution in [1.29, 1.82) is 0 Å². The van der Waals surface area contributed by atoms with E-state index >= 15 is 0 Å². The van der Waals surface area contributed by atoms with E-state index in [9.17, 15) is 4.79 Å². The van der Waals surface area contributed by atoms with E-state index in [1.54, 1.807) is 28.4 Å². The highest BCUT2D eigenvalue weighted by molar-refractivity contribution is 5.85. The highest BCUT2D eigenvalue weighted by Crippen LogP contribution is 2.42. The molecule has 0 N–H and O–H groups in total. The van der Waals surface area contributed by atoms with Gasteiger partial charge in [-0.2, -0.15) is 0 Å². The van der Waals surface area contributed by atoms with Gasteiger partial charge in [-0.25, -0.2) is 0 Å². The number of hydrogen-bond donors (Lipinski definition) is 0. The first-order valence-corrected chi connectivity index (χ1v) is 11.6. The summed E-state index contributed by atoms with van der Waals surface area (Å²) < 4.78 is 21.7. The van der Waals surface area contributed by atoms with Gasteiger partial charge in [0.1, 0.15) is 0 Å². The molecule has 1 aliphatic carbocycles. The first kappa shape index (κ1) is 26.7. The van der Waals surface area contributed by atoms with Crippen LogP contribution in [0.15, 0.2) is 30.5 Å². The molecule has 7 nitrogen and oxygen atoms in total. The molecule has 8 heteroatoms. The molecule has 0 aromatic heterocycles. The molecule has 190 valence electrons. The standard InChI is InChI=1S/C27H34N2O5.ClH/c1-28(17-21-11-20-14-25(33-4)26(34-5)16-22(20)21)8-6-9-29-10-7-18-12-23(31-2)24(32-3)13-19(18)15-27(29)30;/h7,10,12-14,16,21H,6,8-9,11,15,17H2,1-5H3;1H/t21-;/m1./s1. The summed E-state index contributed by atoms with van der Waals surface area (Å²) in [5.74, 6) is 3.49. The van der Waals surface area contributed by atoms with Crippen LogP contribution in [0.5, 0.6) is 23.0 Å². The summed E-state index contributed by atoms with van der Waals surface area (Å²) in [6, 6.07) is 8.02. The summed E-state index contributed by atoms with van der Waals surface area (Å²) >= 11 is 0. The first-order chi connectivity index (χ1) is 16.5. The highest BCUT2D eigenvalue weighted by Gasteiger charge is 2.29. The van der Waals surface area contributed by atoms with Crippen molar-refractivity contribution in [2.45, 2.75) is 25.2 Å². The van der Waals surface area contributed by atoms with Crippen LogP contribution in [0.2, 0.25) is 0 Å². The Morgan fingerprint density at radius 2 is 1.51 bits per heavy atom. The fourth-order valence-electron chi connectivity index (χ4n) is 4.84. The zero-order chi connectivity index (χ0) is 24.2. The quantitative estimate of drug-likeness (QED) is 0.486. The number of fused-ring (bicyclic) bond motifs is 2. The smallest absolute Gasteiger partial charge is 0.230 e. The van der Waals surface area contributed by atoms with Gasteiger partial charge in [-0.1, -0.05) is 0 Å². The summed E-state index contributed by atoms with van der Waals surface area (Å²) in [6.07, 6.45) is 6.18. The van der Waals surface area contributed by atoms with Crippen molar-refractivity contribution in [3.8, 4) is 23.0 Å². The van der Waals surface area contributed by atoms with Crippen LogP contribution < -0.4 is 18.9 Å². The second-order valence-corrected chi connectivity index (χ2v) is 8.91. The van der Waals surface area contributed by atoms with Gasteiger partial charge in [0.25, 0.3) is 0 Å². The molecule has 2 aliphatic rings. The molecule has 0 fully saturated rings. The number of ether oxygens (including phenoxy) is 4. The number of benzene rings is 2. The fourth-order valence-corrected chi connectivity index (χ4v) is 4.84. The van der Waals surface area contributed by atoms with E-state index in [0.717, 1.165) is 48.6 Å². The second-order valence-electron chi connectivity index (χ2n) is 8.91. The number of rotatable bonds is 10. The third-order valence-corrected chi connectivity index (χ3v) is 6.76. The lowest BCUT2D eigenvalue weighted by molar-refractivity contribution is -0.127. The average molecular weight is 503 g/mol. The Morgan fingerprint density at radius 3 is 2.17 bits per heavy atom. The average Bonchev–Trinajstić information content (AvgIpc) is 2.98. The van der Waals surface area contributed by atoms with Crippen LogP contribution in [-0.4, -0.2) is 70.8 Å². The zero-order valence-electron chi connectivity index (χ0n) is 21.1. The molecule has 1 aliphatic heterocycles. The van der Waals surface area contributed by atoms with Gasteiger partial charge in [0.05, 0.1) is 34.9 Å². The van der Waals surface area contributed by atoms with E-state index in [1.807, 2.05) is 29.3 Å². The van der Waals surface area contributed by atoms with Crippen molar-refractivity contribution < 1.29 is 23.7 Å². The minimum Gasteiger partial charge on any atom is -0.493 e. The monoisotopic (exact) mass is 502 g/mol. The molecule has 4 rings (SSSR count). The zero-order valence-corrected chi connectivity index (χ0v) is 21.9. The molecule has 1 atom stereocenters. The van der Waals surface area contributed by atoms with Gasteiger partial charge in [0.15, 0.2) is 23.0 Å². The van der Waals surface area contributed by atoms with Gasteiger partial charge in [-0.15, -0.1) is 12.4 Å². The van der Waals surface area contributed by atoms with Gasteiger partial charge in [0, 0.05) is 25.2 Å². The maximum atomic E-state index is 12.9. The lowest BCUT2D eigenvalue weighted by Crippen LogP contribution is -2.34. The van der Waals surface area contributed by atoms with Gasteiger partial charge >= 0.3 is 0 Å². The number of methoxy groups -OCH3 is 4. The van der Waals surface area contributed by atoms with Gasteiger partial charge in [0.2, 0.25) is 5.91 Å². The Labute approximate surface area is 214 Å². The maximum absolute atomic E-state index is 12.9. The van der Waals surface area contributed by atoms with Gasteiger partial charge in [-0.05, 0) is 79.0 Å². The summed E-state index contributed by atoms with van der Waals surface area (Å²) in [5.41, 5.74) is 4.62. The van der Waals surface area contributed by atoms with E-state index in [-0.39, 0.29) is 18.3 Å². The summed E-state index contributed by atoms with van der Waals surface area (Å²) in [7, 11) is 8.72. The lowest BCUT2D eigenvalue weighted by atomic mass is 9.77. The van der Waals surface area contributed by atoms with Crippen LogP contribution in [0, 0.1) is 0 Å². The van der Waals surface area contributed by atoms with Crippen molar-refractivity contribution in [3.63, 3.8) is 0 Å². The number of carbonyl (C=O) groups is 1. The van der Waals surface area contributed by atoms with E-state index in [0.29, 0.717) is 30.4 Å². The van der Waals surface area contributed by atoms with Gasteiger partial charge in [-0.3, -0.25) is 4.79 Å². The molecule has 0 bridgehead atoms. The molecular formula is C27H35ClN2O5.